The minimum Gasteiger partial charge on any atom is -0.504 e. The zero-order valence-electron chi connectivity index (χ0n) is 26.5. The summed E-state index contributed by atoms with van der Waals surface area (Å²) in [6.07, 6.45) is -16.1. The molecule has 0 bridgehead atoms. The number of hydrogen-bond acceptors (Lipinski definition) is 18. The second kappa shape index (κ2) is 17.0. The molecule has 49 heavy (non-hydrogen) atoms. The van der Waals surface area contributed by atoms with Crippen molar-refractivity contribution in [1.29, 1.82) is 0 Å². The summed E-state index contributed by atoms with van der Waals surface area (Å²) in [4.78, 5) is 25.6. The summed E-state index contributed by atoms with van der Waals surface area (Å²) < 4.78 is 38.2. The van der Waals surface area contributed by atoms with Gasteiger partial charge in [0.25, 0.3) is 0 Å². The minimum atomic E-state index is -1.88. The van der Waals surface area contributed by atoms with Gasteiger partial charge in [0.2, 0.25) is 6.29 Å². The minimum absolute atomic E-state index is 0.0616. The first-order chi connectivity index (χ1) is 23.3. The summed E-state index contributed by atoms with van der Waals surface area (Å²) in [6, 6.07) is 4.16. The molecule has 4 rings (SSSR count). The van der Waals surface area contributed by atoms with E-state index in [0.29, 0.717) is 5.56 Å². The summed E-state index contributed by atoms with van der Waals surface area (Å²) in [5.74, 6) is -3.19. The molecule has 0 amide bonds. The summed E-state index contributed by atoms with van der Waals surface area (Å²) in [7, 11) is 1.13. The van der Waals surface area contributed by atoms with Gasteiger partial charge in [0.1, 0.15) is 48.8 Å². The number of rotatable bonds is 12. The fourth-order valence-corrected chi connectivity index (χ4v) is 5.64. The Morgan fingerprint density at radius 1 is 0.857 bits per heavy atom. The highest BCUT2D eigenvalue weighted by molar-refractivity contribution is 5.90. The SMILES string of the molecule is CC=C1C(OC2OC(CO)C(O)C(OC3OC(CO)C(O)C(O)C3O)C2O)OC=C(C(=O)OC)C1CC(=O)OCCc1ccc(O)c(O)c1. The van der Waals surface area contributed by atoms with Gasteiger partial charge in [-0.2, -0.15) is 0 Å². The lowest BCUT2D eigenvalue weighted by molar-refractivity contribution is -0.369. The Bertz CT molecular complexity index is 1350. The van der Waals surface area contributed by atoms with Gasteiger partial charge in [-0.3, -0.25) is 4.79 Å². The van der Waals surface area contributed by atoms with Crippen molar-refractivity contribution in [3.63, 3.8) is 0 Å². The van der Waals surface area contributed by atoms with Crippen LogP contribution >= 0.6 is 0 Å². The Hall–Kier alpha value is -3.40. The van der Waals surface area contributed by atoms with Gasteiger partial charge in [0.05, 0.1) is 45.2 Å². The molecule has 12 atom stereocenters. The summed E-state index contributed by atoms with van der Waals surface area (Å²) in [5.41, 5.74) is 0.726. The molecule has 18 heteroatoms. The highest BCUT2D eigenvalue weighted by Gasteiger charge is 2.52. The fraction of sp³-hybridized carbons (Fsp3) is 0.613. The number of esters is 2. The molecule has 0 aliphatic carbocycles. The van der Waals surface area contributed by atoms with Gasteiger partial charge in [0.15, 0.2) is 24.1 Å². The van der Waals surface area contributed by atoms with Crippen molar-refractivity contribution in [3.05, 3.63) is 47.2 Å². The highest BCUT2D eigenvalue weighted by atomic mass is 16.8. The number of ether oxygens (including phenoxy) is 7. The van der Waals surface area contributed by atoms with E-state index in [1.54, 1.807) is 13.0 Å². The van der Waals surface area contributed by atoms with Crippen LogP contribution in [0.5, 0.6) is 11.5 Å². The summed E-state index contributed by atoms with van der Waals surface area (Å²) >= 11 is 0. The van der Waals surface area contributed by atoms with E-state index in [9.17, 15) is 55.5 Å². The molecular weight excluding hydrogens is 660 g/mol. The van der Waals surface area contributed by atoms with Crippen LogP contribution in [0.15, 0.2) is 41.7 Å². The maximum atomic E-state index is 12.9. The molecule has 1 aromatic carbocycles. The Kier molecular flexibility index (Phi) is 13.3. The number of aliphatic hydroxyl groups excluding tert-OH is 7. The smallest absolute Gasteiger partial charge is 0.337 e. The number of carbonyl (C=O) groups excluding carboxylic acids is 2. The first kappa shape index (κ1) is 38.4. The molecule has 3 heterocycles. The standard InChI is InChI=1S/C31H42O18/c1-3-14-15(9-21(36)44-7-6-13-4-5-17(34)18(35)8-13)16(28(42)43-2)12-45-29(14)49-31-26(41)27(23(38)20(11-33)47-31)48-30-25(40)24(39)22(37)19(10-32)46-30/h3-5,8,12,15,19-20,22-27,29-35,37-41H,6-7,9-11H2,1-2H3. The van der Waals surface area contributed by atoms with Crippen molar-refractivity contribution < 1.29 is 88.7 Å². The van der Waals surface area contributed by atoms with E-state index in [1.165, 1.54) is 18.2 Å². The zero-order chi connectivity index (χ0) is 36.0. The van der Waals surface area contributed by atoms with Crippen LogP contribution in [0.2, 0.25) is 0 Å². The van der Waals surface area contributed by atoms with Gasteiger partial charge < -0.3 is 79.1 Å². The molecule has 0 spiro atoms. The van der Waals surface area contributed by atoms with Crippen LogP contribution in [-0.4, -0.2) is 153 Å². The second-order valence-electron chi connectivity index (χ2n) is 11.5. The first-order valence-electron chi connectivity index (χ1n) is 15.3. The molecule has 12 unspecified atom stereocenters. The third-order valence-corrected chi connectivity index (χ3v) is 8.41. The fourth-order valence-electron chi connectivity index (χ4n) is 5.64. The zero-order valence-corrected chi connectivity index (χ0v) is 26.5. The largest absolute Gasteiger partial charge is 0.504 e. The molecular formula is C31H42O18. The maximum Gasteiger partial charge on any atom is 0.337 e. The molecule has 274 valence electrons. The van der Waals surface area contributed by atoms with Crippen LogP contribution in [0, 0.1) is 5.92 Å². The van der Waals surface area contributed by atoms with Crippen LogP contribution in [-0.2, 0) is 49.2 Å². The monoisotopic (exact) mass is 702 g/mol. The van der Waals surface area contributed by atoms with E-state index in [1.807, 2.05) is 0 Å². The number of carbonyl (C=O) groups is 2. The number of phenols is 2. The van der Waals surface area contributed by atoms with Gasteiger partial charge in [-0.1, -0.05) is 12.1 Å². The van der Waals surface area contributed by atoms with E-state index in [4.69, 9.17) is 33.2 Å². The van der Waals surface area contributed by atoms with Crippen LogP contribution < -0.4 is 0 Å². The lowest BCUT2D eigenvalue weighted by Gasteiger charge is -2.46. The predicted molar refractivity (Wildman–Crippen MR) is 159 cm³/mol. The van der Waals surface area contributed by atoms with Crippen LogP contribution in [0.3, 0.4) is 0 Å². The average Bonchev–Trinajstić information content (AvgIpc) is 3.09. The quantitative estimate of drug-likeness (QED) is 0.0604. The molecule has 0 radical (unpaired) electrons. The maximum absolute atomic E-state index is 12.9. The van der Waals surface area contributed by atoms with Crippen molar-refractivity contribution in [2.24, 2.45) is 5.92 Å². The molecule has 2 saturated heterocycles. The van der Waals surface area contributed by atoms with Crippen molar-refractivity contribution in [1.82, 2.24) is 0 Å². The predicted octanol–water partition coefficient (Wildman–Crippen LogP) is -2.81. The van der Waals surface area contributed by atoms with Gasteiger partial charge in [0, 0.05) is 17.9 Å². The van der Waals surface area contributed by atoms with Crippen LogP contribution in [0.25, 0.3) is 0 Å². The Balaban J connectivity index is 1.48. The van der Waals surface area contributed by atoms with Gasteiger partial charge in [-0.15, -0.1) is 0 Å². The normalized spacial score (nSPS) is 35.7. The van der Waals surface area contributed by atoms with E-state index >= 15 is 0 Å². The lowest BCUT2D eigenvalue weighted by atomic mass is 9.86. The number of phenolic OH excluding ortho intramolecular Hbond substituents is 2. The Labute approximate surface area is 279 Å². The highest BCUT2D eigenvalue weighted by Crippen LogP contribution is 2.37. The molecule has 0 aromatic heterocycles. The van der Waals surface area contributed by atoms with E-state index in [-0.39, 0.29) is 42.1 Å². The van der Waals surface area contributed by atoms with Crippen LogP contribution in [0.1, 0.15) is 18.9 Å². The third kappa shape index (κ3) is 8.67. The average molecular weight is 703 g/mol. The van der Waals surface area contributed by atoms with E-state index in [0.717, 1.165) is 13.4 Å². The molecule has 3 aliphatic heterocycles. The van der Waals surface area contributed by atoms with Crippen LogP contribution in [0.4, 0.5) is 0 Å². The lowest BCUT2D eigenvalue weighted by Crippen LogP contribution is -2.65. The molecule has 0 saturated carbocycles. The molecule has 2 fully saturated rings. The second-order valence-corrected chi connectivity index (χ2v) is 11.5. The summed E-state index contributed by atoms with van der Waals surface area (Å²) in [5, 5.41) is 91.2. The molecule has 1 aromatic rings. The summed E-state index contributed by atoms with van der Waals surface area (Å²) in [6.45, 7) is -0.0979. The number of aromatic hydroxyl groups is 2. The number of allylic oxidation sites excluding steroid dienone is 1. The van der Waals surface area contributed by atoms with Gasteiger partial charge in [-0.25, -0.2) is 4.79 Å². The third-order valence-electron chi connectivity index (χ3n) is 8.41. The van der Waals surface area contributed by atoms with Crippen molar-refractivity contribution in [2.45, 2.75) is 87.5 Å². The number of hydrogen-bond donors (Lipinski definition) is 9. The number of benzene rings is 1. The molecule has 3 aliphatic rings. The van der Waals surface area contributed by atoms with Gasteiger partial charge in [-0.05, 0) is 24.6 Å². The molecule has 18 nitrogen and oxygen atoms in total. The van der Waals surface area contributed by atoms with E-state index in [2.05, 4.69) is 0 Å². The van der Waals surface area contributed by atoms with E-state index < -0.39 is 98.8 Å². The van der Waals surface area contributed by atoms with Crippen molar-refractivity contribution >= 4 is 11.9 Å². The van der Waals surface area contributed by atoms with Gasteiger partial charge >= 0.3 is 11.9 Å². The number of methoxy groups -OCH3 is 1. The first-order valence-corrected chi connectivity index (χ1v) is 15.3. The topological polar surface area (TPSA) is 281 Å². The number of aliphatic hydroxyl groups is 7. The molecule has 9 N–H and O–H groups in total. The Morgan fingerprint density at radius 3 is 2.12 bits per heavy atom. The van der Waals surface area contributed by atoms with Crippen molar-refractivity contribution in [2.75, 3.05) is 26.9 Å². The Morgan fingerprint density at radius 2 is 1.51 bits per heavy atom. The van der Waals surface area contributed by atoms with Crippen molar-refractivity contribution in [3.8, 4) is 11.5 Å².